The molecular formula is C14H22N2O3. The van der Waals surface area contributed by atoms with E-state index in [0.29, 0.717) is 18.6 Å². The van der Waals surface area contributed by atoms with Crippen LogP contribution in [0.15, 0.2) is 5.16 Å². The quantitative estimate of drug-likeness (QED) is 0.402. The zero-order valence-electron chi connectivity index (χ0n) is 11.3. The van der Waals surface area contributed by atoms with Gasteiger partial charge < -0.3 is 5.21 Å². The van der Waals surface area contributed by atoms with Gasteiger partial charge in [0.1, 0.15) is 11.3 Å². The summed E-state index contributed by atoms with van der Waals surface area (Å²) in [5.74, 6) is -0.234. The van der Waals surface area contributed by atoms with Crippen LogP contribution in [0.5, 0.6) is 0 Å². The highest BCUT2D eigenvalue weighted by molar-refractivity contribution is 6.18. The van der Waals surface area contributed by atoms with Crippen LogP contribution in [0.25, 0.3) is 0 Å². The van der Waals surface area contributed by atoms with Crippen molar-refractivity contribution in [2.75, 3.05) is 0 Å². The molecule has 1 amide bonds. The van der Waals surface area contributed by atoms with Gasteiger partial charge in [-0.1, -0.05) is 43.7 Å². The molecular weight excluding hydrogens is 244 g/mol. The Balaban J connectivity index is 2.05. The summed E-state index contributed by atoms with van der Waals surface area (Å²) in [4.78, 5) is 12.6. The average Bonchev–Trinajstić information content (AvgIpc) is 2.61. The fraction of sp³-hybridized carbons (Fsp3) is 0.857. The first kappa shape index (κ1) is 12.9. The van der Waals surface area contributed by atoms with Gasteiger partial charge >= 0.3 is 0 Å². The lowest BCUT2D eigenvalue weighted by atomic mass is 9.66. The molecule has 3 rings (SSSR count). The van der Waals surface area contributed by atoms with Crippen LogP contribution in [0.3, 0.4) is 0 Å². The van der Waals surface area contributed by atoms with Gasteiger partial charge in [0.15, 0.2) is 0 Å². The molecule has 2 spiro atoms. The normalized spacial score (nSPS) is 31.5. The van der Waals surface area contributed by atoms with Crippen LogP contribution in [0.1, 0.15) is 64.2 Å². The lowest BCUT2D eigenvalue weighted by molar-refractivity contribution is -0.185. The number of carbonyl (C=O) groups is 1. The molecule has 1 aliphatic heterocycles. The van der Waals surface area contributed by atoms with Gasteiger partial charge in [0.2, 0.25) is 0 Å². The van der Waals surface area contributed by atoms with E-state index in [4.69, 9.17) is 0 Å². The molecule has 0 aromatic carbocycles. The fourth-order valence-electron chi connectivity index (χ4n) is 4.42. The maximum atomic E-state index is 12.6. The summed E-state index contributed by atoms with van der Waals surface area (Å²) in [6.45, 7) is 0. The minimum absolute atomic E-state index is 0.234. The highest BCUT2D eigenvalue weighted by Gasteiger charge is 2.65. The maximum Gasteiger partial charge on any atom is 0.258 e. The SMILES string of the molecule is O=C1N(O)C2(CCCCC2)/C(=N/O)C12CCCCC2. The first-order valence-corrected chi connectivity index (χ1v) is 7.44. The van der Waals surface area contributed by atoms with Crippen molar-refractivity contribution in [2.24, 2.45) is 10.6 Å². The number of nitrogens with zero attached hydrogens (tertiary/aromatic N) is 2. The minimum atomic E-state index is -0.723. The molecule has 2 N–H and O–H groups in total. The Kier molecular flexibility index (Phi) is 3.04. The largest absolute Gasteiger partial charge is 0.411 e. The molecule has 1 saturated heterocycles. The molecule has 2 saturated carbocycles. The summed E-state index contributed by atoms with van der Waals surface area (Å²) in [5.41, 5.74) is -0.896. The van der Waals surface area contributed by atoms with Crippen molar-refractivity contribution >= 4 is 11.6 Å². The molecule has 2 aliphatic carbocycles. The average molecular weight is 266 g/mol. The summed E-state index contributed by atoms with van der Waals surface area (Å²) in [6.07, 6.45) is 8.98. The molecule has 5 heteroatoms. The number of hydrogen-bond donors (Lipinski definition) is 2. The number of hydrogen-bond acceptors (Lipinski definition) is 4. The summed E-state index contributed by atoms with van der Waals surface area (Å²) in [6, 6.07) is 0. The monoisotopic (exact) mass is 266 g/mol. The Morgan fingerprint density at radius 1 is 0.947 bits per heavy atom. The van der Waals surface area contributed by atoms with Crippen LogP contribution >= 0.6 is 0 Å². The Labute approximate surface area is 113 Å². The highest BCUT2D eigenvalue weighted by Crippen LogP contribution is 2.52. The van der Waals surface area contributed by atoms with Crippen molar-refractivity contribution in [3.8, 4) is 0 Å². The van der Waals surface area contributed by atoms with Crippen molar-refractivity contribution < 1.29 is 15.2 Å². The van der Waals surface area contributed by atoms with Gasteiger partial charge in [-0.3, -0.25) is 10.0 Å². The second kappa shape index (κ2) is 4.47. The third-order valence-electron chi connectivity index (χ3n) is 5.39. The van der Waals surface area contributed by atoms with Gasteiger partial charge in [-0.2, -0.15) is 0 Å². The number of amides is 1. The van der Waals surface area contributed by atoms with Crippen molar-refractivity contribution in [3.63, 3.8) is 0 Å². The summed E-state index contributed by atoms with van der Waals surface area (Å²) in [5, 5.41) is 24.4. The summed E-state index contributed by atoms with van der Waals surface area (Å²) >= 11 is 0. The van der Waals surface area contributed by atoms with Crippen LogP contribution in [0.2, 0.25) is 0 Å². The van der Waals surface area contributed by atoms with Crippen LogP contribution in [0.4, 0.5) is 0 Å². The second-order valence-corrected chi connectivity index (χ2v) is 6.30. The highest BCUT2D eigenvalue weighted by atomic mass is 16.5. The third kappa shape index (κ3) is 1.57. The topological polar surface area (TPSA) is 73.1 Å². The Morgan fingerprint density at radius 2 is 1.47 bits per heavy atom. The summed E-state index contributed by atoms with van der Waals surface area (Å²) < 4.78 is 0. The second-order valence-electron chi connectivity index (χ2n) is 6.30. The van der Waals surface area contributed by atoms with Gasteiger partial charge in [-0.05, 0) is 25.7 Å². The van der Waals surface area contributed by atoms with Crippen molar-refractivity contribution in [3.05, 3.63) is 0 Å². The smallest absolute Gasteiger partial charge is 0.258 e. The van der Waals surface area contributed by atoms with Crippen molar-refractivity contribution in [2.45, 2.75) is 69.7 Å². The molecule has 5 nitrogen and oxygen atoms in total. The molecule has 0 bridgehead atoms. The van der Waals surface area contributed by atoms with E-state index in [1.54, 1.807) is 0 Å². The van der Waals surface area contributed by atoms with Crippen LogP contribution < -0.4 is 0 Å². The molecule has 0 aromatic rings. The van der Waals surface area contributed by atoms with E-state index in [1.165, 1.54) is 0 Å². The number of rotatable bonds is 0. The van der Waals surface area contributed by atoms with Gasteiger partial charge in [-0.15, -0.1) is 0 Å². The maximum absolute atomic E-state index is 12.6. The predicted octanol–water partition coefficient (Wildman–Crippen LogP) is 2.70. The molecule has 19 heavy (non-hydrogen) atoms. The van der Waals surface area contributed by atoms with Gasteiger partial charge in [0.05, 0.1) is 5.41 Å². The molecule has 3 fully saturated rings. The molecule has 0 aromatic heterocycles. The van der Waals surface area contributed by atoms with Gasteiger partial charge in [-0.25, -0.2) is 5.06 Å². The standard InChI is InChI=1S/C14H22N2O3/c17-12-13(7-3-1-4-8-13)11(15-18)14(16(12)19)9-5-2-6-10-14/h18-19H,1-10H2/b15-11+. The van der Waals surface area contributed by atoms with E-state index in [0.717, 1.165) is 56.4 Å². The van der Waals surface area contributed by atoms with Gasteiger partial charge in [0.25, 0.3) is 5.91 Å². The minimum Gasteiger partial charge on any atom is -0.411 e. The Morgan fingerprint density at radius 3 is 2.00 bits per heavy atom. The molecule has 0 unspecified atom stereocenters. The first-order chi connectivity index (χ1) is 9.17. The molecule has 106 valence electrons. The van der Waals surface area contributed by atoms with E-state index in [-0.39, 0.29) is 5.91 Å². The summed E-state index contributed by atoms with van der Waals surface area (Å²) in [7, 11) is 0. The Hall–Kier alpha value is -1.10. The molecule has 0 atom stereocenters. The van der Waals surface area contributed by atoms with E-state index in [1.807, 2.05) is 0 Å². The first-order valence-electron chi connectivity index (χ1n) is 7.44. The van der Waals surface area contributed by atoms with E-state index in [2.05, 4.69) is 5.16 Å². The van der Waals surface area contributed by atoms with Crippen LogP contribution in [-0.4, -0.2) is 32.6 Å². The van der Waals surface area contributed by atoms with Crippen molar-refractivity contribution in [1.29, 1.82) is 0 Å². The van der Waals surface area contributed by atoms with E-state index < -0.39 is 11.0 Å². The van der Waals surface area contributed by atoms with E-state index in [9.17, 15) is 15.2 Å². The molecule has 0 radical (unpaired) electrons. The zero-order valence-corrected chi connectivity index (χ0v) is 11.3. The molecule has 3 aliphatic rings. The number of hydroxylamine groups is 2. The predicted molar refractivity (Wildman–Crippen MR) is 69.2 cm³/mol. The fourth-order valence-corrected chi connectivity index (χ4v) is 4.42. The lowest BCUT2D eigenvalue weighted by Gasteiger charge is -2.38. The van der Waals surface area contributed by atoms with Crippen molar-refractivity contribution in [1.82, 2.24) is 5.06 Å². The van der Waals surface area contributed by atoms with Crippen LogP contribution in [-0.2, 0) is 4.79 Å². The number of carbonyl (C=O) groups excluding carboxylic acids is 1. The Bertz CT molecular complexity index is 407. The lowest BCUT2D eigenvalue weighted by Crippen LogP contribution is -2.50. The van der Waals surface area contributed by atoms with E-state index >= 15 is 0 Å². The van der Waals surface area contributed by atoms with Crippen LogP contribution in [0, 0.1) is 5.41 Å². The third-order valence-corrected chi connectivity index (χ3v) is 5.39. The number of oxime groups is 1. The molecule has 1 heterocycles. The zero-order chi connectivity index (χ0) is 13.5. The van der Waals surface area contributed by atoms with Gasteiger partial charge in [0, 0.05) is 0 Å².